The van der Waals surface area contributed by atoms with Gasteiger partial charge >= 0.3 is 0 Å². The molecule has 0 spiro atoms. The number of ether oxygens (including phenoxy) is 1. The number of aromatic nitrogens is 1. The number of nitro groups is 1. The highest BCUT2D eigenvalue weighted by Gasteiger charge is 2.33. The number of fused-ring (bicyclic) bond motifs is 3. The van der Waals surface area contributed by atoms with Crippen LogP contribution in [0.5, 0.6) is 0 Å². The number of hydrogen-bond acceptors (Lipinski definition) is 8. The molecule has 0 amide bonds. The first-order valence-corrected chi connectivity index (χ1v) is 11.6. The highest BCUT2D eigenvalue weighted by atomic mass is 32.2. The fourth-order valence-corrected chi connectivity index (χ4v) is 5.39. The Bertz CT molecular complexity index is 1120. The van der Waals surface area contributed by atoms with E-state index in [1.807, 2.05) is 43.6 Å². The molecule has 0 atom stereocenters. The van der Waals surface area contributed by atoms with Crippen molar-refractivity contribution in [3.63, 3.8) is 0 Å². The van der Waals surface area contributed by atoms with Gasteiger partial charge in [0, 0.05) is 30.4 Å². The van der Waals surface area contributed by atoms with Gasteiger partial charge in [0.25, 0.3) is 5.69 Å². The molecular formula is C21H22N4O4S2. The molecule has 1 aliphatic heterocycles. The third-order valence-electron chi connectivity index (χ3n) is 4.83. The standard InChI is InChI=1S/C21H22N4O4S2/c1-23(2)11-12-28-13-29-22-18-16-5-4-10-24(16)19-17(21(30-3)31-20(18)19)14-6-8-15(9-7-14)25(26)27/h4-10H,11-13H2,1-3H3/b22-18-. The van der Waals surface area contributed by atoms with E-state index in [1.54, 1.807) is 35.2 Å². The van der Waals surface area contributed by atoms with E-state index in [0.717, 1.165) is 43.9 Å². The van der Waals surface area contributed by atoms with Crippen LogP contribution in [-0.4, -0.2) is 60.4 Å². The molecule has 0 saturated carbocycles. The van der Waals surface area contributed by atoms with E-state index in [4.69, 9.17) is 9.57 Å². The minimum Gasteiger partial charge on any atom is -0.366 e. The van der Waals surface area contributed by atoms with Crippen LogP contribution < -0.4 is 0 Å². The number of benzene rings is 1. The highest BCUT2D eigenvalue weighted by molar-refractivity contribution is 8.00. The van der Waals surface area contributed by atoms with Crippen molar-refractivity contribution >= 4 is 34.5 Å². The summed E-state index contributed by atoms with van der Waals surface area (Å²) < 4.78 is 8.69. The largest absolute Gasteiger partial charge is 0.366 e. The molecule has 2 aromatic heterocycles. The van der Waals surface area contributed by atoms with Gasteiger partial charge in [0.05, 0.1) is 32.0 Å². The molecule has 31 heavy (non-hydrogen) atoms. The maximum Gasteiger partial charge on any atom is 0.269 e. The number of thioether (sulfide) groups is 1. The molecule has 0 saturated heterocycles. The zero-order chi connectivity index (χ0) is 22.0. The van der Waals surface area contributed by atoms with Gasteiger partial charge in [0.1, 0.15) is 5.71 Å². The first-order valence-electron chi connectivity index (χ1n) is 9.57. The second-order valence-electron chi connectivity index (χ2n) is 7.11. The Morgan fingerprint density at radius 1 is 1.26 bits per heavy atom. The monoisotopic (exact) mass is 458 g/mol. The molecule has 0 aliphatic carbocycles. The summed E-state index contributed by atoms with van der Waals surface area (Å²) in [4.78, 5) is 19.2. The van der Waals surface area contributed by atoms with Crippen LogP contribution in [0.3, 0.4) is 0 Å². The van der Waals surface area contributed by atoms with Crippen LogP contribution in [0.25, 0.3) is 16.8 Å². The molecular weight excluding hydrogens is 436 g/mol. The fourth-order valence-electron chi connectivity index (χ4n) is 3.35. The van der Waals surface area contributed by atoms with Crippen LogP contribution in [-0.2, 0) is 9.57 Å². The van der Waals surface area contributed by atoms with E-state index < -0.39 is 0 Å². The van der Waals surface area contributed by atoms with Crippen molar-refractivity contribution in [2.75, 3.05) is 40.3 Å². The summed E-state index contributed by atoms with van der Waals surface area (Å²) in [7, 11) is 3.97. The van der Waals surface area contributed by atoms with Crippen molar-refractivity contribution in [2.45, 2.75) is 4.21 Å². The van der Waals surface area contributed by atoms with E-state index in [2.05, 4.69) is 9.72 Å². The van der Waals surface area contributed by atoms with E-state index in [9.17, 15) is 10.1 Å². The molecule has 1 aromatic carbocycles. The predicted molar refractivity (Wildman–Crippen MR) is 124 cm³/mol. The van der Waals surface area contributed by atoms with Gasteiger partial charge in [0.2, 0.25) is 6.79 Å². The second-order valence-corrected chi connectivity index (χ2v) is 9.21. The van der Waals surface area contributed by atoms with Gasteiger partial charge in [-0.1, -0.05) is 5.16 Å². The molecule has 3 heterocycles. The summed E-state index contributed by atoms with van der Waals surface area (Å²) >= 11 is 3.29. The SMILES string of the molecule is CSc1sc2c(c1-c1ccc([N+](=O)[O-])cc1)-n1cccc1/C2=N/OCOCCN(C)C. The summed E-state index contributed by atoms with van der Waals surface area (Å²) in [6.45, 7) is 1.47. The van der Waals surface area contributed by atoms with Crippen LogP contribution in [0, 0.1) is 10.1 Å². The van der Waals surface area contributed by atoms with E-state index in [-0.39, 0.29) is 17.4 Å². The molecule has 0 N–H and O–H groups in total. The Labute approximate surface area is 188 Å². The van der Waals surface area contributed by atoms with E-state index >= 15 is 0 Å². The van der Waals surface area contributed by atoms with Crippen molar-refractivity contribution in [1.82, 2.24) is 9.47 Å². The quantitative estimate of drug-likeness (QED) is 0.121. The average molecular weight is 459 g/mol. The van der Waals surface area contributed by atoms with Crippen LogP contribution in [0.2, 0.25) is 0 Å². The molecule has 0 bridgehead atoms. The van der Waals surface area contributed by atoms with Crippen LogP contribution in [0.15, 0.2) is 52.0 Å². The maximum absolute atomic E-state index is 11.0. The van der Waals surface area contributed by atoms with Gasteiger partial charge < -0.3 is 19.0 Å². The number of oxime groups is 1. The lowest BCUT2D eigenvalue weighted by Gasteiger charge is -2.09. The van der Waals surface area contributed by atoms with Crippen molar-refractivity contribution in [3.05, 3.63) is 63.3 Å². The minimum absolute atomic E-state index is 0.0768. The van der Waals surface area contributed by atoms with Gasteiger partial charge in [-0.15, -0.1) is 23.1 Å². The normalized spacial score (nSPS) is 13.6. The lowest BCUT2D eigenvalue weighted by atomic mass is 10.1. The number of thiophene rings is 1. The zero-order valence-electron chi connectivity index (χ0n) is 17.4. The molecule has 0 unspecified atom stereocenters. The summed E-state index contributed by atoms with van der Waals surface area (Å²) in [6, 6.07) is 10.6. The van der Waals surface area contributed by atoms with Gasteiger partial charge in [-0.2, -0.15) is 0 Å². The van der Waals surface area contributed by atoms with Crippen molar-refractivity contribution in [2.24, 2.45) is 5.16 Å². The molecule has 0 fully saturated rings. The molecule has 162 valence electrons. The molecule has 1 aliphatic rings. The van der Waals surface area contributed by atoms with Gasteiger partial charge in [-0.3, -0.25) is 10.1 Å². The number of hydrogen-bond donors (Lipinski definition) is 0. The summed E-state index contributed by atoms with van der Waals surface area (Å²) in [6.07, 6.45) is 4.02. The molecule has 8 nitrogen and oxygen atoms in total. The van der Waals surface area contributed by atoms with Crippen LogP contribution >= 0.6 is 23.1 Å². The van der Waals surface area contributed by atoms with E-state index in [0.29, 0.717) is 6.61 Å². The highest BCUT2D eigenvalue weighted by Crippen LogP contribution is 2.48. The Kier molecular flexibility index (Phi) is 6.42. The van der Waals surface area contributed by atoms with Crippen LogP contribution in [0.4, 0.5) is 5.69 Å². The summed E-state index contributed by atoms with van der Waals surface area (Å²) in [5, 5.41) is 15.4. The number of nitro benzene ring substituents is 1. The maximum atomic E-state index is 11.0. The summed E-state index contributed by atoms with van der Waals surface area (Å²) in [5.41, 5.74) is 4.80. The number of non-ortho nitro benzene ring substituents is 1. The number of nitrogens with zero attached hydrogens (tertiary/aromatic N) is 4. The zero-order valence-corrected chi connectivity index (χ0v) is 19.0. The Hall–Kier alpha value is -2.66. The third kappa shape index (κ3) is 4.24. The summed E-state index contributed by atoms with van der Waals surface area (Å²) in [5.74, 6) is 0. The Morgan fingerprint density at radius 2 is 2.03 bits per heavy atom. The smallest absolute Gasteiger partial charge is 0.269 e. The number of rotatable bonds is 9. The third-order valence-corrected chi connectivity index (χ3v) is 7.13. The average Bonchev–Trinajstić information content (AvgIpc) is 3.42. The topological polar surface area (TPSA) is 82.1 Å². The number of likely N-dealkylation sites (N-methyl/N-ethyl adjacent to an activating group) is 1. The second kappa shape index (κ2) is 9.23. The van der Waals surface area contributed by atoms with Crippen LogP contribution in [0.1, 0.15) is 10.6 Å². The molecule has 4 rings (SSSR count). The Balaban J connectivity index is 1.66. The van der Waals surface area contributed by atoms with Gasteiger partial charge in [-0.25, -0.2) is 0 Å². The lowest BCUT2D eigenvalue weighted by molar-refractivity contribution is -0.384. The van der Waals surface area contributed by atoms with Gasteiger partial charge in [0.15, 0.2) is 0 Å². The van der Waals surface area contributed by atoms with Gasteiger partial charge in [-0.05, 0) is 50.2 Å². The molecule has 0 radical (unpaired) electrons. The Morgan fingerprint density at radius 3 is 2.71 bits per heavy atom. The van der Waals surface area contributed by atoms with Crippen molar-refractivity contribution in [1.29, 1.82) is 0 Å². The molecule has 3 aromatic rings. The van der Waals surface area contributed by atoms with Crippen molar-refractivity contribution in [3.8, 4) is 16.8 Å². The fraction of sp³-hybridized carbons (Fsp3) is 0.286. The lowest BCUT2D eigenvalue weighted by Crippen LogP contribution is -2.18. The van der Waals surface area contributed by atoms with Crippen molar-refractivity contribution < 1.29 is 14.5 Å². The minimum atomic E-state index is -0.385. The van der Waals surface area contributed by atoms with E-state index in [1.165, 1.54) is 12.1 Å². The first-order chi connectivity index (χ1) is 15.0. The predicted octanol–water partition coefficient (Wildman–Crippen LogP) is 4.45. The first kappa shape index (κ1) is 21.6. The molecule has 10 heteroatoms.